The molecule has 2 aromatic carbocycles. The van der Waals surface area contributed by atoms with Crippen molar-refractivity contribution in [1.82, 2.24) is 9.97 Å². The molecule has 2 aromatic heterocycles. The van der Waals surface area contributed by atoms with Crippen LogP contribution in [0.4, 0.5) is 4.39 Å². The van der Waals surface area contributed by atoms with Crippen LogP contribution < -0.4 is 4.74 Å². The molecule has 136 valence electrons. The average molecular weight is 403 g/mol. The second-order valence-electron chi connectivity index (χ2n) is 5.89. The van der Waals surface area contributed by atoms with Crippen LogP contribution in [0.15, 0.2) is 60.9 Å². The van der Waals surface area contributed by atoms with Crippen LogP contribution in [0.2, 0.25) is 10.0 Å². The highest BCUT2D eigenvalue weighted by Gasteiger charge is 2.22. The van der Waals surface area contributed by atoms with E-state index < -0.39 is 11.9 Å². The van der Waals surface area contributed by atoms with E-state index in [4.69, 9.17) is 27.9 Å². The summed E-state index contributed by atoms with van der Waals surface area (Å²) in [4.78, 5) is 6.82. The Hall–Kier alpha value is -2.60. The largest absolute Gasteiger partial charge is 0.457 e. The first kappa shape index (κ1) is 17.8. The smallest absolute Gasteiger partial charge is 0.160 e. The van der Waals surface area contributed by atoms with Gasteiger partial charge in [0, 0.05) is 22.7 Å². The first-order valence-electron chi connectivity index (χ1n) is 8.06. The Bertz CT molecular complexity index is 1120. The molecule has 0 aliphatic carbocycles. The van der Waals surface area contributed by atoms with Crippen LogP contribution in [0.3, 0.4) is 0 Å². The van der Waals surface area contributed by atoms with Gasteiger partial charge < -0.3 is 14.8 Å². The van der Waals surface area contributed by atoms with Crippen molar-refractivity contribution in [2.75, 3.05) is 0 Å². The van der Waals surface area contributed by atoms with Gasteiger partial charge in [-0.15, -0.1) is 0 Å². The molecule has 1 unspecified atom stereocenters. The van der Waals surface area contributed by atoms with Gasteiger partial charge in [-0.2, -0.15) is 0 Å². The van der Waals surface area contributed by atoms with Gasteiger partial charge in [0.25, 0.3) is 0 Å². The Kier molecular flexibility index (Phi) is 4.74. The van der Waals surface area contributed by atoms with Crippen LogP contribution in [0.5, 0.6) is 11.5 Å². The molecule has 7 heteroatoms. The van der Waals surface area contributed by atoms with Crippen molar-refractivity contribution in [2.24, 2.45) is 0 Å². The van der Waals surface area contributed by atoms with Crippen LogP contribution in [-0.4, -0.2) is 15.1 Å². The Balaban J connectivity index is 1.68. The molecule has 4 rings (SSSR count). The Morgan fingerprint density at radius 1 is 1.04 bits per heavy atom. The summed E-state index contributed by atoms with van der Waals surface area (Å²) in [6, 6.07) is 14.2. The summed E-state index contributed by atoms with van der Waals surface area (Å²) in [5.74, 6) is 0.550. The maximum atomic E-state index is 13.8. The van der Waals surface area contributed by atoms with Gasteiger partial charge in [0.2, 0.25) is 0 Å². The third-order valence-corrected chi connectivity index (χ3v) is 4.86. The number of para-hydroxylation sites is 1. The molecule has 0 fully saturated rings. The molecule has 0 aliphatic rings. The summed E-state index contributed by atoms with van der Waals surface area (Å²) in [6.45, 7) is 0. The number of nitrogens with zero attached hydrogens (tertiary/aromatic N) is 1. The SMILES string of the molecule is OC(c1ccc(Oc2ccccc2)cc1Cl)c1c[nH]c2ncc(F)c(Cl)c12. The minimum Gasteiger partial charge on any atom is -0.457 e. The van der Waals surface area contributed by atoms with Crippen LogP contribution in [0.25, 0.3) is 11.0 Å². The van der Waals surface area contributed by atoms with Gasteiger partial charge in [-0.25, -0.2) is 9.37 Å². The third-order valence-electron chi connectivity index (χ3n) is 4.17. The highest BCUT2D eigenvalue weighted by atomic mass is 35.5. The highest BCUT2D eigenvalue weighted by molar-refractivity contribution is 6.35. The second-order valence-corrected chi connectivity index (χ2v) is 6.67. The van der Waals surface area contributed by atoms with Crippen LogP contribution >= 0.6 is 23.2 Å². The fourth-order valence-electron chi connectivity index (χ4n) is 2.86. The number of fused-ring (bicyclic) bond motifs is 1. The van der Waals surface area contributed by atoms with Crippen molar-refractivity contribution < 1.29 is 14.2 Å². The monoisotopic (exact) mass is 402 g/mol. The zero-order chi connectivity index (χ0) is 19.0. The lowest BCUT2D eigenvalue weighted by molar-refractivity contribution is 0.222. The number of hydrogen-bond donors (Lipinski definition) is 2. The van der Waals surface area contributed by atoms with E-state index in [0.717, 1.165) is 6.20 Å². The number of benzene rings is 2. The minimum atomic E-state index is -1.11. The van der Waals surface area contributed by atoms with Crippen molar-refractivity contribution in [3.05, 3.63) is 87.9 Å². The van der Waals surface area contributed by atoms with Crippen molar-refractivity contribution in [3.8, 4) is 11.5 Å². The number of aromatic amines is 1. The molecule has 4 aromatic rings. The Labute approximate surface area is 164 Å². The lowest BCUT2D eigenvalue weighted by Crippen LogP contribution is -2.01. The summed E-state index contributed by atoms with van der Waals surface area (Å²) in [5.41, 5.74) is 1.22. The van der Waals surface area contributed by atoms with E-state index in [1.807, 2.05) is 30.3 Å². The van der Waals surface area contributed by atoms with E-state index in [9.17, 15) is 9.50 Å². The van der Waals surface area contributed by atoms with Crippen molar-refractivity contribution >= 4 is 34.2 Å². The highest BCUT2D eigenvalue weighted by Crippen LogP contribution is 2.37. The number of halogens is 3. The van der Waals surface area contributed by atoms with Crippen LogP contribution in [0.1, 0.15) is 17.2 Å². The predicted octanol–water partition coefficient (Wildman–Crippen LogP) is 5.88. The molecular formula is C20H13Cl2FN2O2. The zero-order valence-corrected chi connectivity index (χ0v) is 15.3. The van der Waals surface area contributed by atoms with E-state index >= 15 is 0 Å². The van der Waals surface area contributed by atoms with Crippen molar-refractivity contribution in [1.29, 1.82) is 0 Å². The standard InChI is InChI=1S/C20H13Cl2FN2O2/c21-15-8-12(27-11-4-2-1-3-5-11)6-7-13(15)19(26)14-9-24-20-17(14)18(22)16(23)10-25-20/h1-10,19,26H,(H,24,25). The first-order chi connectivity index (χ1) is 13.0. The second kappa shape index (κ2) is 7.19. The fraction of sp³-hybridized carbons (Fsp3) is 0.0500. The van der Waals surface area contributed by atoms with Gasteiger partial charge in [0.15, 0.2) is 5.82 Å². The van der Waals surface area contributed by atoms with Gasteiger partial charge in [0.1, 0.15) is 23.3 Å². The van der Waals surface area contributed by atoms with E-state index in [0.29, 0.717) is 38.7 Å². The lowest BCUT2D eigenvalue weighted by Gasteiger charge is -2.14. The maximum absolute atomic E-state index is 13.8. The van der Waals surface area contributed by atoms with E-state index in [-0.39, 0.29) is 5.02 Å². The van der Waals surface area contributed by atoms with Crippen molar-refractivity contribution in [2.45, 2.75) is 6.10 Å². The van der Waals surface area contributed by atoms with Gasteiger partial charge >= 0.3 is 0 Å². The molecule has 0 spiro atoms. The van der Waals surface area contributed by atoms with Gasteiger partial charge in [0.05, 0.1) is 16.2 Å². The molecule has 0 saturated carbocycles. The topological polar surface area (TPSA) is 58.1 Å². The van der Waals surface area contributed by atoms with Crippen LogP contribution in [0, 0.1) is 5.82 Å². The van der Waals surface area contributed by atoms with E-state index in [2.05, 4.69) is 9.97 Å². The normalized spacial score (nSPS) is 12.3. The lowest BCUT2D eigenvalue weighted by atomic mass is 10.0. The molecule has 0 saturated heterocycles. The number of aromatic nitrogens is 2. The van der Waals surface area contributed by atoms with Gasteiger partial charge in [-0.3, -0.25) is 0 Å². The van der Waals surface area contributed by atoms with E-state index in [1.165, 1.54) is 0 Å². The molecule has 2 heterocycles. The maximum Gasteiger partial charge on any atom is 0.160 e. The molecule has 27 heavy (non-hydrogen) atoms. The summed E-state index contributed by atoms with van der Waals surface area (Å²) in [6.07, 6.45) is 1.45. The van der Waals surface area contributed by atoms with E-state index in [1.54, 1.807) is 24.4 Å². The number of aliphatic hydroxyl groups excluding tert-OH is 1. The summed E-state index contributed by atoms with van der Waals surface area (Å²) in [5, 5.41) is 11.3. The summed E-state index contributed by atoms with van der Waals surface area (Å²) in [7, 11) is 0. The number of H-pyrrole nitrogens is 1. The number of hydrogen-bond acceptors (Lipinski definition) is 3. The molecule has 0 bridgehead atoms. The first-order valence-corrected chi connectivity index (χ1v) is 8.81. The molecule has 4 nitrogen and oxygen atoms in total. The number of ether oxygens (including phenoxy) is 1. The summed E-state index contributed by atoms with van der Waals surface area (Å²) >= 11 is 12.4. The Morgan fingerprint density at radius 3 is 2.56 bits per heavy atom. The predicted molar refractivity (Wildman–Crippen MR) is 103 cm³/mol. The van der Waals surface area contributed by atoms with Crippen LogP contribution in [-0.2, 0) is 0 Å². The molecule has 2 N–H and O–H groups in total. The Morgan fingerprint density at radius 2 is 1.81 bits per heavy atom. The molecular weight excluding hydrogens is 390 g/mol. The number of rotatable bonds is 4. The number of nitrogens with one attached hydrogen (secondary N) is 1. The van der Waals surface area contributed by atoms with Crippen molar-refractivity contribution in [3.63, 3.8) is 0 Å². The molecule has 0 radical (unpaired) electrons. The third kappa shape index (κ3) is 3.37. The zero-order valence-electron chi connectivity index (χ0n) is 13.8. The molecule has 0 amide bonds. The fourth-order valence-corrected chi connectivity index (χ4v) is 3.38. The number of aliphatic hydroxyl groups is 1. The minimum absolute atomic E-state index is 0.101. The quantitative estimate of drug-likeness (QED) is 0.447. The van der Waals surface area contributed by atoms with Gasteiger partial charge in [-0.1, -0.05) is 47.5 Å². The number of pyridine rings is 1. The average Bonchev–Trinajstić information content (AvgIpc) is 3.10. The summed E-state index contributed by atoms with van der Waals surface area (Å²) < 4.78 is 19.5. The molecule has 0 aliphatic heterocycles. The molecule has 1 atom stereocenters. The van der Waals surface area contributed by atoms with Gasteiger partial charge in [-0.05, 0) is 24.3 Å².